The Bertz CT molecular complexity index is 1050. The van der Waals surface area contributed by atoms with Gasteiger partial charge in [-0.2, -0.15) is 0 Å². The van der Waals surface area contributed by atoms with Gasteiger partial charge < -0.3 is 15.3 Å². The van der Waals surface area contributed by atoms with Gasteiger partial charge in [0.2, 0.25) is 0 Å². The highest BCUT2D eigenvalue weighted by Gasteiger charge is 2.16. The number of carbonyl (C=O) groups excluding carboxylic acids is 1. The van der Waals surface area contributed by atoms with Crippen LogP contribution in [0.1, 0.15) is 24.2 Å². The predicted octanol–water partition coefficient (Wildman–Crippen LogP) is 3.76. The van der Waals surface area contributed by atoms with Gasteiger partial charge in [0.25, 0.3) is 5.91 Å². The zero-order chi connectivity index (χ0) is 18.1. The fourth-order valence-electron chi connectivity index (χ4n) is 2.87. The van der Waals surface area contributed by atoms with E-state index in [-0.39, 0.29) is 11.9 Å². The van der Waals surface area contributed by atoms with E-state index in [2.05, 4.69) is 15.3 Å². The summed E-state index contributed by atoms with van der Waals surface area (Å²) in [7, 11) is 0. The number of aromatic nitrogens is 4. The van der Waals surface area contributed by atoms with Crippen LogP contribution in [0.4, 0.5) is 0 Å². The van der Waals surface area contributed by atoms with E-state index in [1.54, 1.807) is 12.1 Å². The van der Waals surface area contributed by atoms with E-state index in [4.69, 9.17) is 9.97 Å². The molecule has 0 aliphatic heterocycles. The quantitative estimate of drug-likeness (QED) is 0.526. The standard InChI is InChI=1S/C20H19N5O/c1-12(2)23-20(26)13-7-8-14-17(11-13)25-19(16-6-4-10-22-16)18(24-14)15-5-3-9-21-15/h3-12,21-22H,1-2H3,(H,23,26). The van der Waals surface area contributed by atoms with Gasteiger partial charge in [0.05, 0.1) is 22.4 Å². The highest BCUT2D eigenvalue weighted by Crippen LogP contribution is 2.29. The average molecular weight is 345 g/mol. The second-order valence-corrected chi connectivity index (χ2v) is 6.42. The summed E-state index contributed by atoms with van der Waals surface area (Å²) in [6.45, 7) is 3.87. The summed E-state index contributed by atoms with van der Waals surface area (Å²) in [6, 6.07) is 13.2. The van der Waals surface area contributed by atoms with Crippen molar-refractivity contribution in [2.75, 3.05) is 0 Å². The van der Waals surface area contributed by atoms with Gasteiger partial charge in [0, 0.05) is 24.0 Å². The SMILES string of the molecule is CC(C)NC(=O)c1ccc2nc(-c3ccc[nH]3)c(-c3ccc[nH]3)nc2c1. The summed E-state index contributed by atoms with van der Waals surface area (Å²) in [5.74, 6) is -0.112. The summed E-state index contributed by atoms with van der Waals surface area (Å²) in [5.41, 5.74) is 5.28. The van der Waals surface area contributed by atoms with Gasteiger partial charge in [-0.15, -0.1) is 0 Å². The Morgan fingerprint density at radius 3 is 2.08 bits per heavy atom. The molecule has 0 saturated carbocycles. The normalized spacial score (nSPS) is 11.2. The van der Waals surface area contributed by atoms with Crippen LogP contribution in [0, 0.1) is 0 Å². The molecule has 3 aromatic heterocycles. The van der Waals surface area contributed by atoms with Gasteiger partial charge in [0.15, 0.2) is 0 Å². The number of aromatic amines is 2. The molecule has 0 bridgehead atoms. The molecular formula is C20H19N5O. The molecule has 26 heavy (non-hydrogen) atoms. The largest absolute Gasteiger partial charge is 0.360 e. The van der Waals surface area contributed by atoms with E-state index in [0.717, 1.165) is 28.3 Å². The lowest BCUT2D eigenvalue weighted by Gasteiger charge is -2.11. The highest BCUT2D eigenvalue weighted by molar-refractivity contribution is 5.98. The lowest BCUT2D eigenvalue weighted by Crippen LogP contribution is -2.30. The Balaban J connectivity index is 1.88. The number of nitrogens with one attached hydrogen (secondary N) is 3. The van der Waals surface area contributed by atoms with Crippen LogP contribution in [0.15, 0.2) is 54.9 Å². The summed E-state index contributed by atoms with van der Waals surface area (Å²) >= 11 is 0. The number of rotatable bonds is 4. The van der Waals surface area contributed by atoms with Gasteiger partial charge in [-0.25, -0.2) is 9.97 Å². The van der Waals surface area contributed by atoms with Crippen molar-refractivity contribution in [3.8, 4) is 22.8 Å². The average Bonchev–Trinajstić information content (AvgIpc) is 3.33. The molecule has 4 aromatic rings. The van der Waals surface area contributed by atoms with E-state index < -0.39 is 0 Å². The Kier molecular flexibility index (Phi) is 4.01. The maximum absolute atomic E-state index is 12.3. The minimum Gasteiger partial charge on any atom is -0.360 e. The molecule has 0 unspecified atom stereocenters. The first-order valence-electron chi connectivity index (χ1n) is 8.52. The Morgan fingerprint density at radius 1 is 0.923 bits per heavy atom. The fraction of sp³-hybridized carbons (Fsp3) is 0.150. The molecule has 0 atom stereocenters. The predicted molar refractivity (Wildman–Crippen MR) is 102 cm³/mol. The molecule has 3 N–H and O–H groups in total. The lowest BCUT2D eigenvalue weighted by molar-refractivity contribution is 0.0943. The van der Waals surface area contributed by atoms with Crippen LogP contribution in [0.25, 0.3) is 33.8 Å². The van der Waals surface area contributed by atoms with Gasteiger partial charge >= 0.3 is 0 Å². The lowest BCUT2D eigenvalue weighted by atomic mass is 10.1. The first-order valence-corrected chi connectivity index (χ1v) is 8.52. The van der Waals surface area contributed by atoms with Crippen LogP contribution < -0.4 is 5.32 Å². The first kappa shape index (κ1) is 16.1. The summed E-state index contributed by atoms with van der Waals surface area (Å²) in [6.07, 6.45) is 3.71. The van der Waals surface area contributed by atoms with Crippen LogP contribution >= 0.6 is 0 Å². The van der Waals surface area contributed by atoms with Crippen molar-refractivity contribution in [1.29, 1.82) is 0 Å². The number of carbonyl (C=O) groups is 1. The van der Waals surface area contributed by atoms with Crippen LogP contribution in [0.3, 0.4) is 0 Å². The van der Waals surface area contributed by atoms with Gasteiger partial charge in [0.1, 0.15) is 11.4 Å². The molecule has 0 spiro atoms. The summed E-state index contributed by atoms with van der Waals surface area (Å²) < 4.78 is 0. The van der Waals surface area contributed by atoms with Crippen molar-refractivity contribution in [2.45, 2.75) is 19.9 Å². The van der Waals surface area contributed by atoms with Crippen molar-refractivity contribution in [3.63, 3.8) is 0 Å². The van der Waals surface area contributed by atoms with Crippen LogP contribution in [0.5, 0.6) is 0 Å². The minimum atomic E-state index is -0.112. The maximum Gasteiger partial charge on any atom is 0.251 e. The van der Waals surface area contributed by atoms with Gasteiger partial charge in [-0.1, -0.05) is 0 Å². The minimum absolute atomic E-state index is 0.0778. The Morgan fingerprint density at radius 2 is 1.54 bits per heavy atom. The number of fused-ring (bicyclic) bond motifs is 1. The molecule has 130 valence electrons. The molecule has 4 rings (SSSR count). The monoisotopic (exact) mass is 345 g/mol. The molecular weight excluding hydrogens is 326 g/mol. The van der Waals surface area contributed by atoms with E-state index in [1.165, 1.54) is 0 Å². The number of amides is 1. The molecule has 0 aliphatic rings. The maximum atomic E-state index is 12.3. The Hall–Kier alpha value is -3.41. The zero-order valence-electron chi connectivity index (χ0n) is 14.6. The number of nitrogens with zero attached hydrogens (tertiary/aromatic N) is 2. The van der Waals surface area contributed by atoms with E-state index in [0.29, 0.717) is 11.1 Å². The summed E-state index contributed by atoms with van der Waals surface area (Å²) in [5, 5.41) is 2.90. The molecule has 0 aliphatic carbocycles. The number of benzene rings is 1. The van der Waals surface area contributed by atoms with Crippen molar-refractivity contribution in [2.24, 2.45) is 0 Å². The van der Waals surface area contributed by atoms with Crippen LogP contribution in [-0.2, 0) is 0 Å². The third-order valence-corrected chi connectivity index (χ3v) is 4.05. The topological polar surface area (TPSA) is 86.5 Å². The fourth-order valence-corrected chi connectivity index (χ4v) is 2.87. The van der Waals surface area contributed by atoms with E-state index >= 15 is 0 Å². The molecule has 0 radical (unpaired) electrons. The number of hydrogen-bond donors (Lipinski definition) is 3. The summed E-state index contributed by atoms with van der Waals surface area (Å²) in [4.78, 5) is 28.3. The molecule has 0 fully saturated rings. The third-order valence-electron chi connectivity index (χ3n) is 4.05. The number of H-pyrrole nitrogens is 2. The van der Waals surface area contributed by atoms with Gasteiger partial charge in [-0.3, -0.25) is 4.79 Å². The van der Waals surface area contributed by atoms with Crippen LogP contribution in [-0.4, -0.2) is 31.9 Å². The smallest absolute Gasteiger partial charge is 0.251 e. The number of hydrogen-bond acceptors (Lipinski definition) is 3. The molecule has 1 aromatic carbocycles. The molecule has 6 heteroatoms. The van der Waals surface area contributed by atoms with Crippen molar-refractivity contribution in [1.82, 2.24) is 25.3 Å². The first-order chi connectivity index (χ1) is 12.6. The van der Waals surface area contributed by atoms with Gasteiger partial charge in [-0.05, 0) is 56.3 Å². The Labute approximate surface area is 150 Å². The van der Waals surface area contributed by atoms with Crippen molar-refractivity contribution in [3.05, 3.63) is 60.4 Å². The third kappa shape index (κ3) is 2.97. The highest BCUT2D eigenvalue weighted by atomic mass is 16.1. The van der Waals surface area contributed by atoms with E-state index in [9.17, 15) is 4.79 Å². The molecule has 3 heterocycles. The van der Waals surface area contributed by atoms with Crippen molar-refractivity contribution < 1.29 is 4.79 Å². The molecule has 1 amide bonds. The molecule has 6 nitrogen and oxygen atoms in total. The molecule has 0 saturated heterocycles. The second kappa shape index (κ2) is 6.48. The van der Waals surface area contributed by atoms with E-state index in [1.807, 2.05) is 56.6 Å². The van der Waals surface area contributed by atoms with Crippen LogP contribution in [0.2, 0.25) is 0 Å². The second-order valence-electron chi connectivity index (χ2n) is 6.42. The zero-order valence-corrected chi connectivity index (χ0v) is 14.6. The van der Waals surface area contributed by atoms with Crippen molar-refractivity contribution >= 4 is 16.9 Å².